The van der Waals surface area contributed by atoms with E-state index in [-0.39, 0.29) is 12.8 Å². The van der Waals surface area contributed by atoms with Crippen molar-refractivity contribution in [2.75, 3.05) is 0 Å². The SMILES string of the molecule is CCC(=O)ON1C(=O)CC(O)C1=O. The highest BCUT2D eigenvalue weighted by molar-refractivity contribution is 6.04. The predicted molar refractivity (Wildman–Crippen MR) is 38.9 cm³/mol. The third-order valence-corrected chi connectivity index (χ3v) is 1.56. The van der Waals surface area contributed by atoms with Gasteiger partial charge in [0.15, 0.2) is 0 Å². The van der Waals surface area contributed by atoms with Crippen LogP contribution in [0.25, 0.3) is 0 Å². The van der Waals surface area contributed by atoms with E-state index in [1.807, 2.05) is 0 Å². The molecular weight excluding hydrogens is 178 g/mol. The van der Waals surface area contributed by atoms with Gasteiger partial charge in [-0.1, -0.05) is 12.0 Å². The van der Waals surface area contributed by atoms with Crippen LogP contribution in [-0.2, 0) is 19.2 Å². The Labute approximate surface area is 74.0 Å². The molecule has 1 saturated heterocycles. The maximum Gasteiger partial charge on any atom is 0.332 e. The molecule has 1 unspecified atom stereocenters. The van der Waals surface area contributed by atoms with Gasteiger partial charge in [-0.15, -0.1) is 0 Å². The molecule has 13 heavy (non-hydrogen) atoms. The Balaban J connectivity index is 2.64. The maximum atomic E-state index is 10.9. The van der Waals surface area contributed by atoms with Crippen LogP contribution in [0.5, 0.6) is 0 Å². The first-order chi connectivity index (χ1) is 6.06. The van der Waals surface area contributed by atoms with Crippen molar-refractivity contribution in [1.82, 2.24) is 5.06 Å². The Morgan fingerprint density at radius 3 is 2.69 bits per heavy atom. The molecule has 1 fully saturated rings. The molecule has 0 radical (unpaired) electrons. The van der Waals surface area contributed by atoms with Crippen molar-refractivity contribution >= 4 is 17.8 Å². The molecule has 72 valence electrons. The number of aliphatic hydroxyl groups excluding tert-OH is 1. The predicted octanol–water partition coefficient (Wildman–Crippen LogP) is -1.03. The van der Waals surface area contributed by atoms with Crippen molar-refractivity contribution < 1.29 is 24.3 Å². The number of hydroxylamine groups is 2. The van der Waals surface area contributed by atoms with E-state index >= 15 is 0 Å². The number of hydrogen-bond donors (Lipinski definition) is 1. The normalized spacial score (nSPS) is 22.3. The smallest absolute Gasteiger partial charge is 0.332 e. The first-order valence-electron chi connectivity index (χ1n) is 3.82. The number of hydrogen-bond acceptors (Lipinski definition) is 5. The highest BCUT2D eigenvalue weighted by Gasteiger charge is 2.40. The third kappa shape index (κ3) is 1.83. The molecule has 2 amide bonds. The molecule has 0 aromatic heterocycles. The zero-order chi connectivity index (χ0) is 10.0. The van der Waals surface area contributed by atoms with Crippen molar-refractivity contribution in [2.24, 2.45) is 0 Å². The van der Waals surface area contributed by atoms with Gasteiger partial charge in [0.05, 0.1) is 6.42 Å². The lowest BCUT2D eigenvalue weighted by Crippen LogP contribution is -2.34. The fraction of sp³-hybridized carbons (Fsp3) is 0.571. The van der Waals surface area contributed by atoms with E-state index in [1.165, 1.54) is 6.92 Å². The molecule has 0 aromatic rings. The summed E-state index contributed by atoms with van der Waals surface area (Å²) in [6.45, 7) is 1.53. The number of carbonyl (C=O) groups excluding carboxylic acids is 3. The molecule has 6 heteroatoms. The second-order valence-corrected chi connectivity index (χ2v) is 2.56. The summed E-state index contributed by atoms with van der Waals surface area (Å²) in [7, 11) is 0. The van der Waals surface area contributed by atoms with Crippen LogP contribution >= 0.6 is 0 Å². The van der Waals surface area contributed by atoms with Crippen molar-refractivity contribution in [3.05, 3.63) is 0 Å². The third-order valence-electron chi connectivity index (χ3n) is 1.56. The summed E-state index contributed by atoms with van der Waals surface area (Å²) in [5.41, 5.74) is 0. The minimum atomic E-state index is -1.38. The lowest BCUT2D eigenvalue weighted by atomic mass is 10.3. The van der Waals surface area contributed by atoms with Gasteiger partial charge in [0.1, 0.15) is 6.10 Å². The van der Waals surface area contributed by atoms with E-state index in [9.17, 15) is 14.4 Å². The minimum absolute atomic E-state index is 0.0627. The van der Waals surface area contributed by atoms with Crippen LogP contribution in [-0.4, -0.2) is 34.1 Å². The molecular formula is C7H9NO5. The van der Waals surface area contributed by atoms with Crippen LogP contribution < -0.4 is 0 Å². The summed E-state index contributed by atoms with van der Waals surface area (Å²) >= 11 is 0. The van der Waals surface area contributed by atoms with Crippen molar-refractivity contribution in [1.29, 1.82) is 0 Å². The average Bonchev–Trinajstić information content (AvgIpc) is 2.32. The first-order valence-corrected chi connectivity index (χ1v) is 3.82. The Morgan fingerprint density at radius 2 is 2.31 bits per heavy atom. The fourth-order valence-electron chi connectivity index (χ4n) is 0.856. The Morgan fingerprint density at radius 1 is 1.69 bits per heavy atom. The van der Waals surface area contributed by atoms with Crippen LogP contribution in [0.1, 0.15) is 19.8 Å². The van der Waals surface area contributed by atoms with Gasteiger partial charge in [0, 0.05) is 6.42 Å². The van der Waals surface area contributed by atoms with Gasteiger partial charge >= 0.3 is 5.97 Å². The molecule has 0 bridgehead atoms. The molecule has 1 heterocycles. The maximum absolute atomic E-state index is 10.9. The Hall–Kier alpha value is -1.43. The van der Waals surface area contributed by atoms with Crippen LogP contribution in [0.3, 0.4) is 0 Å². The van der Waals surface area contributed by atoms with E-state index in [0.717, 1.165) is 0 Å². The van der Waals surface area contributed by atoms with E-state index < -0.39 is 23.9 Å². The van der Waals surface area contributed by atoms with Crippen LogP contribution in [0.2, 0.25) is 0 Å². The number of imide groups is 1. The van der Waals surface area contributed by atoms with Crippen LogP contribution in [0, 0.1) is 0 Å². The van der Waals surface area contributed by atoms with E-state index in [4.69, 9.17) is 5.11 Å². The summed E-state index contributed by atoms with van der Waals surface area (Å²) in [5, 5.41) is 9.24. The standard InChI is InChI=1S/C7H9NO5/c1-2-6(11)13-8-5(10)3-4(9)7(8)12/h4,9H,2-3H2,1H3. The molecule has 0 aromatic carbocycles. The van der Waals surface area contributed by atoms with E-state index in [2.05, 4.69) is 4.84 Å². The number of nitrogens with zero attached hydrogens (tertiary/aromatic N) is 1. The minimum Gasteiger partial charge on any atom is -0.383 e. The summed E-state index contributed by atoms with van der Waals surface area (Å²) in [6.07, 6.45) is -1.64. The number of amides is 2. The molecule has 0 saturated carbocycles. The van der Waals surface area contributed by atoms with Gasteiger partial charge in [0.25, 0.3) is 11.8 Å². The van der Waals surface area contributed by atoms with Gasteiger partial charge in [-0.25, -0.2) is 4.79 Å². The highest BCUT2D eigenvalue weighted by Crippen LogP contribution is 2.13. The lowest BCUT2D eigenvalue weighted by Gasteiger charge is -2.11. The molecule has 6 nitrogen and oxygen atoms in total. The largest absolute Gasteiger partial charge is 0.383 e. The summed E-state index contributed by atoms with van der Waals surface area (Å²) < 4.78 is 0. The average molecular weight is 187 g/mol. The fourth-order valence-corrected chi connectivity index (χ4v) is 0.856. The Kier molecular flexibility index (Phi) is 2.62. The van der Waals surface area contributed by atoms with Crippen LogP contribution in [0.15, 0.2) is 0 Å². The van der Waals surface area contributed by atoms with Crippen molar-refractivity contribution in [3.8, 4) is 0 Å². The van der Waals surface area contributed by atoms with Gasteiger partial charge in [-0.3, -0.25) is 9.59 Å². The zero-order valence-corrected chi connectivity index (χ0v) is 7.02. The number of aliphatic hydroxyl groups is 1. The molecule has 1 aliphatic heterocycles. The Bertz CT molecular complexity index is 262. The topological polar surface area (TPSA) is 83.9 Å². The molecule has 1 N–H and O–H groups in total. The quantitative estimate of drug-likeness (QED) is 0.559. The molecule has 0 spiro atoms. The van der Waals surface area contributed by atoms with Gasteiger partial charge < -0.3 is 9.94 Å². The van der Waals surface area contributed by atoms with E-state index in [1.54, 1.807) is 0 Å². The summed E-state index contributed by atoms with van der Waals surface area (Å²) in [5.74, 6) is -2.26. The lowest BCUT2D eigenvalue weighted by molar-refractivity contribution is -0.198. The monoisotopic (exact) mass is 187 g/mol. The van der Waals surface area contributed by atoms with Gasteiger partial charge in [0.2, 0.25) is 0 Å². The summed E-state index contributed by atoms with van der Waals surface area (Å²) in [6, 6.07) is 0. The first kappa shape index (κ1) is 9.66. The number of rotatable bonds is 2. The second-order valence-electron chi connectivity index (χ2n) is 2.56. The molecule has 1 atom stereocenters. The zero-order valence-electron chi connectivity index (χ0n) is 7.02. The van der Waals surface area contributed by atoms with Crippen molar-refractivity contribution in [3.63, 3.8) is 0 Å². The second kappa shape index (κ2) is 3.53. The molecule has 0 aliphatic carbocycles. The van der Waals surface area contributed by atoms with Gasteiger partial charge in [-0.2, -0.15) is 0 Å². The van der Waals surface area contributed by atoms with Gasteiger partial charge in [-0.05, 0) is 0 Å². The van der Waals surface area contributed by atoms with Crippen LogP contribution in [0.4, 0.5) is 0 Å². The van der Waals surface area contributed by atoms with E-state index in [0.29, 0.717) is 5.06 Å². The summed E-state index contributed by atoms with van der Waals surface area (Å²) in [4.78, 5) is 37.0. The number of carbonyl (C=O) groups is 3. The molecule has 1 aliphatic rings. The molecule has 1 rings (SSSR count). The van der Waals surface area contributed by atoms with Crippen molar-refractivity contribution in [2.45, 2.75) is 25.9 Å². The highest BCUT2D eigenvalue weighted by atomic mass is 16.7.